The van der Waals surface area contributed by atoms with Crippen molar-refractivity contribution in [3.63, 3.8) is 0 Å². The fraction of sp³-hybridized carbons (Fsp3) is 0.545. The molecule has 12 nitrogen and oxygen atoms in total. The number of thiophene rings is 1. The Bertz CT molecular complexity index is 2190. The third-order valence-electron chi connectivity index (χ3n) is 11.5. The summed E-state index contributed by atoms with van der Waals surface area (Å²) >= 11 is 2.81. The number of thioether (sulfide) groups is 2. The molecule has 0 unspecified atom stereocenters. The molecule has 3 aromatic rings. The van der Waals surface area contributed by atoms with Crippen molar-refractivity contribution in [2.45, 2.75) is 95.9 Å². The van der Waals surface area contributed by atoms with Crippen LogP contribution in [0.5, 0.6) is 0 Å². The fourth-order valence-corrected chi connectivity index (χ4v) is 12.2. The lowest BCUT2D eigenvalue weighted by Crippen LogP contribution is -2.56. The lowest BCUT2D eigenvalue weighted by atomic mass is 9.90. The highest BCUT2D eigenvalue weighted by molar-refractivity contribution is 8.13. The number of fused-ring (bicyclic) bond motifs is 2. The zero-order valence-corrected chi connectivity index (χ0v) is 38.6. The summed E-state index contributed by atoms with van der Waals surface area (Å²) in [5, 5.41) is 12.8. The maximum absolute atomic E-state index is 16.4. The van der Waals surface area contributed by atoms with Crippen LogP contribution < -0.4 is 5.32 Å². The summed E-state index contributed by atoms with van der Waals surface area (Å²) in [6.45, 7) is 6.54. The topological polar surface area (TPSA) is 163 Å². The molecule has 1 N–H and O–H groups in total. The summed E-state index contributed by atoms with van der Waals surface area (Å²) in [6.07, 6.45) is 3.72. The lowest BCUT2D eigenvalue weighted by molar-refractivity contribution is -0.146. The van der Waals surface area contributed by atoms with E-state index in [1.54, 1.807) is 37.5 Å². The molecule has 6 rings (SSSR count). The Balaban J connectivity index is 1.16. The summed E-state index contributed by atoms with van der Waals surface area (Å²) in [5.74, 6) is -2.27. The Morgan fingerprint density at radius 3 is 2.19 bits per heavy atom. The van der Waals surface area contributed by atoms with Gasteiger partial charge in [0.25, 0.3) is 5.91 Å². The summed E-state index contributed by atoms with van der Waals surface area (Å²) in [6, 6.07) is 15.3. The number of carbonyl (C=O) groups excluding carboxylic acids is 5. The van der Waals surface area contributed by atoms with Crippen LogP contribution in [-0.4, -0.2) is 93.7 Å². The molecule has 0 aliphatic carbocycles. The van der Waals surface area contributed by atoms with Gasteiger partial charge in [-0.1, -0.05) is 100 Å². The molecule has 18 heteroatoms. The van der Waals surface area contributed by atoms with Gasteiger partial charge >= 0.3 is 13.3 Å². The van der Waals surface area contributed by atoms with Crippen molar-refractivity contribution in [1.29, 1.82) is 5.26 Å². The molecular weight excluding hydrogens is 878 g/mol. The summed E-state index contributed by atoms with van der Waals surface area (Å²) in [5.41, 5.74) is -3.83. The van der Waals surface area contributed by atoms with Crippen LogP contribution in [0, 0.1) is 29.1 Å². The van der Waals surface area contributed by atoms with Gasteiger partial charge in [-0.05, 0) is 54.8 Å². The molecule has 5 atom stereocenters. The van der Waals surface area contributed by atoms with Gasteiger partial charge in [0.15, 0.2) is 10.2 Å². The number of nitrogens with one attached hydrogen (secondary N) is 1. The number of amides is 3. The first kappa shape index (κ1) is 47.8. The van der Waals surface area contributed by atoms with E-state index in [-0.39, 0.29) is 80.1 Å². The Morgan fingerprint density at radius 1 is 0.919 bits per heavy atom. The van der Waals surface area contributed by atoms with Crippen LogP contribution in [0.1, 0.15) is 92.9 Å². The number of nitriles is 1. The van der Waals surface area contributed by atoms with Gasteiger partial charge in [0, 0.05) is 58.7 Å². The van der Waals surface area contributed by atoms with E-state index >= 15 is 8.78 Å². The number of likely N-dealkylation sites (tertiary alicyclic amines) is 1. The predicted molar refractivity (Wildman–Crippen MR) is 238 cm³/mol. The number of alkyl halides is 2. The van der Waals surface area contributed by atoms with Crippen LogP contribution in [0.2, 0.25) is 0 Å². The largest absolute Gasteiger partial charge is 0.404 e. The smallest absolute Gasteiger partial charge is 0.340 e. The second kappa shape index (κ2) is 20.9. The van der Waals surface area contributed by atoms with Crippen molar-refractivity contribution in [3.8, 4) is 6.07 Å². The van der Waals surface area contributed by atoms with Crippen LogP contribution in [0.25, 0.3) is 10.1 Å². The van der Waals surface area contributed by atoms with Crippen LogP contribution in [-0.2, 0) is 38.5 Å². The molecule has 3 saturated heterocycles. The van der Waals surface area contributed by atoms with Crippen LogP contribution >= 0.6 is 42.5 Å². The second-order valence-electron chi connectivity index (χ2n) is 16.5. The number of hydrogen-bond donors (Lipinski definition) is 1. The molecule has 334 valence electrons. The van der Waals surface area contributed by atoms with Gasteiger partial charge in [-0.2, -0.15) is 14.0 Å². The van der Waals surface area contributed by atoms with Crippen LogP contribution in [0.4, 0.5) is 8.78 Å². The highest BCUT2D eigenvalue weighted by Gasteiger charge is 2.55. The lowest BCUT2D eigenvalue weighted by Gasteiger charge is -2.36. The van der Waals surface area contributed by atoms with Crippen molar-refractivity contribution in [3.05, 3.63) is 70.6 Å². The summed E-state index contributed by atoms with van der Waals surface area (Å²) in [7, 11) is -5.23. The van der Waals surface area contributed by atoms with Gasteiger partial charge in [-0.3, -0.25) is 28.5 Å². The minimum atomic E-state index is -5.23. The molecule has 3 aliphatic heterocycles. The van der Waals surface area contributed by atoms with E-state index in [0.717, 1.165) is 65.4 Å². The summed E-state index contributed by atoms with van der Waals surface area (Å²) in [4.78, 5) is 70.0. The first-order valence-corrected chi connectivity index (χ1v) is 25.4. The average molecular weight is 931 g/mol. The standard InChI is InChI=1S/C44H53F2N4O8PS3/c1-27(2)42(54)60-20-18-57-59(56,58-19-21-61-43(55)28(3)4)44(45,46)32-14-17-37-30(22-32)23-38(62-37)39(51)48-35-13-9-8-12-33-15-16-36(50(33)40(35)52)41(53)49-25-31(24-47)34(26-49)29-10-6-5-7-11-29/h5-7,10-11,14,17,22-23,27-28,31,33-36H,8-9,12-13,15-16,18-21,25-26H2,1-4H3,(H,48,51)/t31-,33-,34+,35-,36-/m0/s1. The molecule has 4 heterocycles. The molecular formula is C44H53F2N4O8PS3. The Morgan fingerprint density at radius 2 is 1.56 bits per heavy atom. The molecule has 62 heavy (non-hydrogen) atoms. The van der Waals surface area contributed by atoms with E-state index in [0.29, 0.717) is 36.9 Å². The van der Waals surface area contributed by atoms with Crippen LogP contribution in [0.3, 0.4) is 0 Å². The highest BCUT2D eigenvalue weighted by Crippen LogP contribution is 2.67. The number of hydrogen-bond acceptors (Lipinski definition) is 12. The van der Waals surface area contributed by atoms with Gasteiger partial charge in [0.05, 0.1) is 30.1 Å². The van der Waals surface area contributed by atoms with E-state index in [9.17, 15) is 33.8 Å². The van der Waals surface area contributed by atoms with Crippen molar-refractivity contribution >= 4 is 80.5 Å². The zero-order valence-electron chi connectivity index (χ0n) is 35.3. The normalized spacial score (nSPS) is 22.1. The highest BCUT2D eigenvalue weighted by atomic mass is 32.2. The molecule has 3 aliphatic rings. The Hall–Kier alpha value is -3.65. The van der Waals surface area contributed by atoms with Crippen molar-refractivity contribution < 1.29 is 46.4 Å². The first-order chi connectivity index (χ1) is 29.5. The molecule has 3 fully saturated rings. The number of halogens is 2. The van der Waals surface area contributed by atoms with E-state index in [2.05, 4.69) is 11.4 Å². The summed E-state index contributed by atoms with van der Waals surface area (Å²) < 4.78 is 57.8. The number of rotatable bonds is 16. The molecule has 2 aromatic carbocycles. The number of benzene rings is 2. The Labute approximate surface area is 373 Å². The van der Waals surface area contributed by atoms with Crippen molar-refractivity contribution in [1.82, 2.24) is 15.1 Å². The van der Waals surface area contributed by atoms with E-state index in [1.807, 2.05) is 30.3 Å². The second-order valence-corrected chi connectivity index (χ2v) is 21.9. The molecule has 0 bridgehead atoms. The number of nitrogens with zero attached hydrogens (tertiary/aromatic N) is 3. The quantitative estimate of drug-likeness (QED) is 0.108. The van der Waals surface area contributed by atoms with Gasteiger partial charge in [0.1, 0.15) is 12.1 Å². The van der Waals surface area contributed by atoms with E-state index < -0.39 is 50.0 Å². The number of carbonyl (C=O) groups is 5. The molecule has 3 amide bonds. The predicted octanol–water partition coefficient (Wildman–Crippen LogP) is 8.81. The molecule has 0 radical (unpaired) electrons. The molecule has 0 spiro atoms. The van der Waals surface area contributed by atoms with Crippen molar-refractivity contribution in [2.24, 2.45) is 17.8 Å². The van der Waals surface area contributed by atoms with Crippen LogP contribution in [0.15, 0.2) is 54.6 Å². The van der Waals surface area contributed by atoms with Gasteiger partial charge in [-0.15, -0.1) is 11.3 Å². The van der Waals surface area contributed by atoms with E-state index in [1.165, 1.54) is 12.1 Å². The maximum Gasteiger partial charge on any atom is 0.404 e. The third-order valence-corrected chi connectivity index (χ3v) is 16.9. The minimum Gasteiger partial charge on any atom is -0.340 e. The average Bonchev–Trinajstić information content (AvgIpc) is 4.01. The zero-order chi connectivity index (χ0) is 44.8. The monoisotopic (exact) mass is 930 g/mol. The van der Waals surface area contributed by atoms with Gasteiger partial charge < -0.3 is 24.2 Å². The molecule has 1 aromatic heterocycles. The van der Waals surface area contributed by atoms with E-state index in [4.69, 9.17) is 9.05 Å². The molecule has 0 saturated carbocycles. The van der Waals surface area contributed by atoms with Crippen molar-refractivity contribution in [2.75, 3.05) is 37.8 Å². The first-order valence-electron chi connectivity index (χ1n) is 21.0. The third kappa shape index (κ3) is 10.8. The Kier molecular flexibility index (Phi) is 16.1. The maximum atomic E-state index is 16.4. The fourth-order valence-electron chi connectivity index (χ4n) is 8.13. The SMILES string of the molecule is CC(C)C(=O)SCCOP(=O)(OCCSC(=O)C(C)C)C(F)(F)c1ccc2sc(C(=O)N[C@H]3CCCC[C@H]4CC[C@@H](C(=O)N5C[C@H](c6ccccc6)[C@@H](C#N)C5)N4C3=O)cc2c1. The van der Waals surface area contributed by atoms with Gasteiger partial charge in [-0.25, -0.2) is 0 Å². The van der Waals surface area contributed by atoms with Gasteiger partial charge in [0.2, 0.25) is 11.8 Å². The minimum absolute atomic E-state index is 0.0294.